The molecule has 1 aliphatic rings. The Morgan fingerprint density at radius 1 is 1.17 bits per heavy atom. The fraction of sp³-hybridized carbons (Fsp3) is 0.706. The summed E-state index contributed by atoms with van der Waals surface area (Å²) in [6, 6.07) is 4.34. The van der Waals surface area contributed by atoms with Crippen LogP contribution in [0.2, 0.25) is 0 Å². The first-order chi connectivity index (χ1) is 10.6. The molecule has 0 aliphatic heterocycles. The number of aryl methyl sites for hydroxylation is 1. The van der Waals surface area contributed by atoms with Gasteiger partial charge < -0.3 is 15.7 Å². The lowest BCUT2D eigenvalue weighted by Gasteiger charge is -2.32. The lowest BCUT2D eigenvalue weighted by Crippen LogP contribution is -2.48. The van der Waals surface area contributed by atoms with E-state index in [9.17, 15) is 5.11 Å². The first kappa shape index (κ1) is 20.7. The van der Waals surface area contributed by atoms with E-state index in [1.165, 1.54) is 16.2 Å². The summed E-state index contributed by atoms with van der Waals surface area (Å²) < 4.78 is 0. The maximum absolute atomic E-state index is 10.6. The molecule has 2 rings (SSSR count). The Morgan fingerprint density at radius 2 is 1.87 bits per heavy atom. The quantitative estimate of drug-likeness (QED) is 0.352. The zero-order valence-electron chi connectivity index (χ0n) is 14.2. The molecule has 0 atom stereocenters. The van der Waals surface area contributed by atoms with Crippen LogP contribution in [-0.4, -0.2) is 29.8 Å². The van der Waals surface area contributed by atoms with Gasteiger partial charge in [-0.3, -0.25) is 0 Å². The highest BCUT2D eigenvalue weighted by Crippen LogP contribution is 2.27. The summed E-state index contributed by atoms with van der Waals surface area (Å²) in [4.78, 5) is 7.33. The van der Waals surface area contributed by atoms with Gasteiger partial charge in [0.1, 0.15) is 0 Å². The fourth-order valence-corrected chi connectivity index (χ4v) is 3.71. The van der Waals surface area contributed by atoms with Gasteiger partial charge in [-0.1, -0.05) is 26.2 Å². The van der Waals surface area contributed by atoms with E-state index in [-0.39, 0.29) is 24.0 Å². The van der Waals surface area contributed by atoms with E-state index in [4.69, 9.17) is 0 Å². The fourth-order valence-electron chi connectivity index (χ4n) is 2.83. The second kappa shape index (κ2) is 10.5. The predicted octanol–water partition coefficient (Wildman–Crippen LogP) is 3.68. The number of nitrogens with one attached hydrogen (secondary N) is 2. The van der Waals surface area contributed by atoms with Crippen molar-refractivity contribution >= 4 is 41.3 Å². The Hall–Kier alpha value is -0.340. The molecule has 0 bridgehead atoms. The molecule has 1 aromatic rings. The number of thiophene rings is 1. The summed E-state index contributed by atoms with van der Waals surface area (Å²) in [5.74, 6) is 0.799. The van der Waals surface area contributed by atoms with Crippen LogP contribution < -0.4 is 10.6 Å². The third kappa shape index (κ3) is 6.97. The molecule has 0 unspecified atom stereocenters. The Morgan fingerprint density at radius 3 is 2.48 bits per heavy atom. The molecule has 1 aromatic heterocycles. The zero-order valence-corrected chi connectivity index (χ0v) is 17.4. The Kier molecular flexibility index (Phi) is 9.46. The monoisotopic (exact) mass is 451 g/mol. The van der Waals surface area contributed by atoms with Crippen LogP contribution in [0.5, 0.6) is 0 Å². The van der Waals surface area contributed by atoms with E-state index in [0.717, 1.165) is 44.6 Å². The molecule has 1 fully saturated rings. The minimum absolute atomic E-state index is 0. The minimum atomic E-state index is -0.563. The predicted molar refractivity (Wildman–Crippen MR) is 110 cm³/mol. The summed E-state index contributed by atoms with van der Waals surface area (Å²) in [5.41, 5.74) is -0.563. The molecule has 4 nitrogen and oxygen atoms in total. The molecule has 0 amide bonds. The van der Waals surface area contributed by atoms with Gasteiger partial charge in [-0.25, -0.2) is 4.99 Å². The van der Waals surface area contributed by atoms with Crippen LogP contribution in [-0.2, 0) is 13.0 Å². The van der Waals surface area contributed by atoms with Crippen molar-refractivity contribution < 1.29 is 5.11 Å². The van der Waals surface area contributed by atoms with E-state index >= 15 is 0 Å². The normalized spacial score (nSPS) is 17.4. The summed E-state index contributed by atoms with van der Waals surface area (Å²) in [5, 5.41) is 17.1. The molecule has 6 heteroatoms. The van der Waals surface area contributed by atoms with Gasteiger partial charge in [0, 0.05) is 22.8 Å². The SMILES string of the molecule is CCNC(=NCc1ccc(CC)s1)NCC1(O)CCCCC1.I. The number of nitrogens with zero attached hydrogens (tertiary/aromatic N) is 1. The Bertz CT molecular complexity index is 484. The molecule has 132 valence electrons. The van der Waals surface area contributed by atoms with Crippen molar-refractivity contribution in [3.8, 4) is 0 Å². The van der Waals surface area contributed by atoms with E-state index < -0.39 is 5.60 Å². The van der Waals surface area contributed by atoms with Crippen LogP contribution in [0.25, 0.3) is 0 Å². The van der Waals surface area contributed by atoms with Crippen LogP contribution in [0.4, 0.5) is 0 Å². The molecular formula is C17H30IN3OS. The smallest absolute Gasteiger partial charge is 0.191 e. The maximum Gasteiger partial charge on any atom is 0.191 e. The van der Waals surface area contributed by atoms with Crippen molar-refractivity contribution in [3.63, 3.8) is 0 Å². The molecule has 1 heterocycles. The third-order valence-electron chi connectivity index (χ3n) is 4.17. The minimum Gasteiger partial charge on any atom is -0.388 e. The van der Waals surface area contributed by atoms with Crippen LogP contribution >= 0.6 is 35.3 Å². The molecule has 0 saturated heterocycles. The van der Waals surface area contributed by atoms with Gasteiger partial charge in [0.15, 0.2) is 5.96 Å². The second-order valence-corrected chi connectivity index (χ2v) is 7.31. The molecule has 0 radical (unpaired) electrons. The van der Waals surface area contributed by atoms with Gasteiger partial charge in [-0.15, -0.1) is 35.3 Å². The first-order valence-corrected chi connectivity index (χ1v) is 9.29. The zero-order chi connectivity index (χ0) is 15.8. The van der Waals surface area contributed by atoms with Crippen LogP contribution in [0.15, 0.2) is 17.1 Å². The number of hydrogen-bond acceptors (Lipinski definition) is 3. The lowest BCUT2D eigenvalue weighted by molar-refractivity contribution is 0.00859. The van der Waals surface area contributed by atoms with Crippen molar-refractivity contribution in [2.75, 3.05) is 13.1 Å². The van der Waals surface area contributed by atoms with E-state index in [1.807, 2.05) is 11.3 Å². The topological polar surface area (TPSA) is 56.7 Å². The molecule has 0 spiro atoms. The Balaban J connectivity index is 0.00000264. The van der Waals surface area contributed by atoms with Crippen molar-refractivity contribution in [1.29, 1.82) is 0 Å². The van der Waals surface area contributed by atoms with Crippen molar-refractivity contribution in [3.05, 3.63) is 21.9 Å². The first-order valence-electron chi connectivity index (χ1n) is 8.47. The summed E-state index contributed by atoms with van der Waals surface area (Å²) in [6.45, 7) is 6.35. The molecule has 1 aliphatic carbocycles. The lowest BCUT2D eigenvalue weighted by atomic mass is 9.85. The van der Waals surface area contributed by atoms with Crippen molar-refractivity contribution in [1.82, 2.24) is 10.6 Å². The van der Waals surface area contributed by atoms with Gasteiger partial charge in [-0.2, -0.15) is 0 Å². The summed E-state index contributed by atoms with van der Waals surface area (Å²) >= 11 is 1.83. The average Bonchev–Trinajstić information content (AvgIpc) is 2.99. The van der Waals surface area contributed by atoms with Crippen LogP contribution in [0, 0.1) is 0 Å². The van der Waals surface area contributed by atoms with E-state index in [1.54, 1.807) is 0 Å². The van der Waals surface area contributed by atoms with Gasteiger partial charge in [0.05, 0.1) is 12.1 Å². The molecular weight excluding hydrogens is 421 g/mol. The molecule has 1 saturated carbocycles. The number of rotatable bonds is 6. The van der Waals surface area contributed by atoms with Gasteiger partial charge >= 0.3 is 0 Å². The molecule has 3 N–H and O–H groups in total. The average molecular weight is 451 g/mol. The van der Waals surface area contributed by atoms with Crippen LogP contribution in [0.3, 0.4) is 0 Å². The highest BCUT2D eigenvalue weighted by Gasteiger charge is 2.29. The molecule has 0 aromatic carbocycles. The number of hydrogen-bond donors (Lipinski definition) is 3. The van der Waals surface area contributed by atoms with Crippen molar-refractivity contribution in [2.24, 2.45) is 4.99 Å². The number of aliphatic imine (C=N–C) groups is 1. The second-order valence-electron chi connectivity index (χ2n) is 6.06. The number of guanidine groups is 1. The Labute approximate surface area is 161 Å². The standard InChI is InChI=1S/C17H29N3OS.HI/c1-3-14-8-9-15(22-14)12-19-16(18-4-2)20-13-17(21)10-6-5-7-11-17;/h8-9,21H,3-7,10-13H2,1-2H3,(H2,18,19,20);1H. The van der Waals surface area contributed by atoms with Gasteiger partial charge in [0.2, 0.25) is 0 Å². The number of halogens is 1. The summed E-state index contributed by atoms with van der Waals surface area (Å²) in [6.07, 6.45) is 6.37. The van der Waals surface area contributed by atoms with E-state index in [2.05, 4.69) is 41.6 Å². The largest absolute Gasteiger partial charge is 0.388 e. The van der Waals surface area contributed by atoms with Gasteiger partial charge in [-0.05, 0) is 38.3 Å². The highest BCUT2D eigenvalue weighted by atomic mass is 127. The summed E-state index contributed by atoms with van der Waals surface area (Å²) in [7, 11) is 0. The van der Waals surface area contributed by atoms with Crippen LogP contribution in [0.1, 0.15) is 55.7 Å². The van der Waals surface area contributed by atoms with Gasteiger partial charge in [0.25, 0.3) is 0 Å². The van der Waals surface area contributed by atoms with E-state index in [0.29, 0.717) is 13.1 Å². The third-order valence-corrected chi connectivity index (χ3v) is 5.39. The highest BCUT2D eigenvalue weighted by molar-refractivity contribution is 14.0. The van der Waals surface area contributed by atoms with Crippen molar-refractivity contribution in [2.45, 2.75) is 64.5 Å². The maximum atomic E-state index is 10.6. The number of aliphatic hydroxyl groups is 1. The molecule has 23 heavy (non-hydrogen) atoms.